The van der Waals surface area contributed by atoms with E-state index in [9.17, 15) is 19.5 Å². The number of morpholine rings is 1. The zero-order valence-corrected chi connectivity index (χ0v) is 19.6. The summed E-state index contributed by atoms with van der Waals surface area (Å²) in [6, 6.07) is -0.743. The van der Waals surface area contributed by atoms with Gasteiger partial charge in [0.1, 0.15) is 11.6 Å². The second-order valence-electron chi connectivity index (χ2n) is 9.55. The summed E-state index contributed by atoms with van der Waals surface area (Å²) < 4.78 is 11.7. The molecule has 2 unspecified atom stereocenters. The van der Waals surface area contributed by atoms with Crippen molar-refractivity contribution in [2.24, 2.45) is 11.8 Å². The molecule has 3 N–H and O–H groups in total. The highest BCUT2D eigenvalue weighted by Gasteiger charge is 2.74. The molecule has 0 radical (unpaired) electrons. The van der Waals surface area contributed by atoms with Crippen LogP contribution in [0.2, 0.25) is 0 Å². The topological polar surface area (TPSA) is 120 Å². The molecule has 10 heteroatoms. The van der Waals surface area contributed by atoms with Gasteiger partial charge in [0.25, 0.3) is 0 Å². The van der Waals surface area contributed by atoms with Gasteiger partial charge in [0.15, 0.2) is 0 Å². The Kier molecular flexibility index (Phi) is 7.88. The smallest absolute Gasteiger partial charge is 0.245 e. The monoisotopic (exact) mass is 466 g/mol. The minimum atomic E-state index is -0.946. The molecule has 3 amide bonds. The maximum absolute atomic E-state index is 13.6. The molecular weight excluding hydrogens is 428 g/mol. The molecule has 1 spiro atoms. The number of aliphatic hydroxyl groups is 1. The Labute approximate surface area is 195 Å². The van der Waals surface area contributed by atoms with E-state index in [1.807, 2.05) is 6.92 Å². The third-order valence-electron chi connectivity index (χ3n) is 7.54. The van der Waals surface area contributed by atoms with E-state index in [1.54, 1.807) is 4.90 Å². The summed E-state index contributed by atoms with van der Waals surface area (Å²) in [5, 5.41) is 15.2. The fourth-order valence-electron chi connectivity index (χ4n) is 6.01. The number of hydrogen-bond donors (Lipinski definition) is 3. The van der Waals surface area contributed by atoms with Gasteiger partial charge in [-0.3, -0.25) is 19.3 Å². The summed E-state index contributed by atoms with van der Waals surface area (Å²) in [5.41, 5.74) is -0.946. The Bertz CT molecular complexity index is 730. The van der Waals surface area contributed by atoms with Crippen LogP contribution in [0.3, 0.4) is 0 Å². The van der Waals surface area contributed by atoms with Crippen molar-refractivity contribution in [1.82, 2.24) is 20.4 Å². The zero-order valence-electron chi connectivity index (χ0n) is 19.6. The third kappa shape index (κ3) is 4.62. The fraction of sp³-hybridized carbons (Fsp3) is 0.870. The summed E-state index contributed by atoms with van der Waals surface area (Å²) in [4.78, 5) is 43.9. The minimum Gasteiger partial charge on any atom is -0.396 e. The quantitative estimate of drug-likeness (QED) is 0.338. The Morgan fingerprint density at radius 2 is 1.88 bits per heavy atom. The van der Waals surface area contributed by atoms with Crippen molar-refractivity contribution in [1.29, 1.82) is 0 Å². The maximum atomic E-state index is 13.6. The first-order valence-electron chi connectivity index (χ1n) is 12.5. The molecule has 4 rings (SSSR count). The molecule has 33 heavy (non-hydrogen) atoms. The number of carbonyl (C=O) groups is 3. The van der Waals surface area contributed by atoms with Crippen LogP contribution in [0.15, 0.2) is 0 Å². The van der Waals surface area contributed by atoms with Gasteiger partial charge in [-0.15, -0.1) is 0 Å². The lowest BCUT2D eigenvalue weighted by Gasteiger charge is -2.34. The van der Waals surface area contributed by atoms with E-state index >= 15 is 0 Å². The van der Waals surface area contributed by atoms with Gasteiger partial charge < -0.3 is 30.1 Å². The Morgan fingerprint density at radius 1 is 1.12 bits per heavy atom. The lowest BCUT2D eigenvalue weighted by atomic mass is 9.70. The van der Waals surface area contributed by atoms with Gasteiger partial charge in [-0.2, -0.15) is 0 Å². The van der Waals surface area contributed by atoms with Crippen molar-refractivity contribution in [3.8, 4) is 0 Å². The van der Waals surface area contributed by atoms with Crippen LogP contribution < -0.4 is 10.6 Å². The lowest BCUT2D eigenvalue weighted by Crippen LogP contribution is -2.56. The second-order valence-corrected chi connectivity index (χ2v) is 9.55. The molecule has 4 heterocycles. The number of fused-ring (bicyclic) bond motifs is 1. The predicted octanol–water partition coefficient (Wildman–Crippen LogP) is -0.892. The number of likely N-dealkylation sites (tertiary alicyclic amines) is 1. The summed E-state index contributed by atoms with van der Waals surface area (Å²) >= 11 is 0. The van der Waals surface area contributed by atoms with Gasteiger partial charge in [0.05, 0.1) is 31.2 Å². The van der Waals surface area contributed by atoms with Crippen LogP contribution in [-0.2, 0) is 23.9 Å². The Hall–Kier alpha value is -1.75. The van der Waals surface area contributed by atoms with Crippen molar-refractivity contribution >= 4 is 17.7 Å². The zero-order chi connectivity index (χ0) is 23.4. The summed E-state index contributed by atoms with van der Waals surface area (Å²) in [5.74, 6) is -1.70. The number of carbonyl (C=O) groups excluding carboxylic acids is 3. The average Bonchev–Trinajstić information content (AvgIpc) is 3.46. The lowest BCUT2D eigenvalue weighted by molar-refractivity contribution is -0.142. The fourth-order valence-corrected chi connectivity index (χ4v) is 6.01. The normalized spacial score (nSPS) is 33.4. The van der Waals surface area contributed by atoms with E-state index in [1.165, 1.54) is 0 Å². The van der Waals surface area contributed by atoms with Crippen molar-refractivity contribution in [2.75, 3.05) is 59.1 Å². The highest BCUT2D eigenvalue weighted by atomic mass is 16.5. The number of nitrogens with one attached hydrogen (secondary N) is 2. The number of hydrogen-bond acceptors (Lipinski definition) is 7. The van der Waals surface area contributed by atoms with Crippen molar-refractivity contribution in [2.45, 2.75) is 56.8 Å². The number of rotatable bonds is 11. The predicted molar refractivity (Wildman–Crippen MR) is 119 cm³/mol. The molecule has 2 bridgehead atoms. The molecule has 0 aromatic heterocycles. The summed E-state index contributed by atoms with van der Waals surface area (Å²) in [7, 11) is 0. The number of amides is 3. The van der Waals surface area contributed by atoms with Gasteiger partial charge in [0.2, 0.25) is 17.7 Å². The van der Waals surface area contributed by atoms with E-state index in [0.29, 0.717) is 58.5 Å². The third-order valence-corrected chi connectivity index (χ3v) is 7.54. The average molecular weight is 467 g/mol. The number of nitrogens with zero attached hydrogens (tertiary/aromatic N) is 2. The van der Waals surface area contributed by atoms with E-state index in [0.717, 1.165) is 26.1 Å². The van der Waals surface area contributed by atoms with Crippen LogP contribution in [0.25, 0.3) is 0 Å². The molecule has 0 saturated carbocycles. The molecule has 4 fully saturated rings. The maximum Gasteiger partial charge on any atom is 0.245 e. The Morgan fingerprint density at radius 3 is 2.61 bits per heavy atom. The standard InChI is InChI=1S/C23H38N4O6/c1-2-7-24-20(29)17-16-5-6-23(33-16)18(17)22(31)27(9-3-4-13-28)19(23)21(30)25-8-10-26-11-14-32-15-12-26/h16-19,28H,2-15H2,1H3,(H,24,29)(H,25,30)/t16-,17+,18-,19?,23?/m0/s1. The van der Waals surface area contributed by atoms with E-state index in [4.69, 9.17) is 9.47 Å². The summed E-state index contributed by atoms with van der Waals surface area (Å²) in [6.07, 6.45) is 2.92. The summed E-state index contributed by atoms with van der Waals surface area (Å²) in [6.45, 7) is 7.25. The van der Waals surface area contributed by atoms with Crippen LogP contribution in [0.5, 0.6) is 0 Å². The van der Waals surface area contributed by atoms with Gasteiger partial charge in [-0.05, 0) is 32.1 Å². The highest BCUT2D eigenvalue weighted by Crippen LogP contribution is 2.58. The number of ether oxygens (including phenoxy) is 2. The number of aliphatic hydroxyl groups excluding tert-OH is 1. The van der Waals surface area contributed by atoms with Gasteiger partial charge >= 0.3 is 0 Å². The minimum absolute atomic E-state index is 0.0354. The molecule has 0 aromatic carbocycles. The van der Waals surface area contributed by atoms with Crippen molar-refractivity contribution in [3.05, 3.63) is 0 Å². The van der Waals surface area contributed by atoms with Crippen LogP contribution >= 0.6 is 0 Å². The number of unbranched alkanes of at least 4 members (excludes halogenated alkanes) is 1. The SMILES string of the molecule is CCCNC(=O)[C@@H]1[C@@H]2CCC3(O2)C(C(=O)NCCN2CCOCC2)N(CCCCO)C(=O)[C@H]13. The highest BCUT2D eigenvalue weighted by molar-refractivity contribution is 5.98. The van der Waals surface area contributed by atoms with Crippen molar-refractivity contribution in [3.63, 3.8) is 0 Å². The molecule has 10 nitrogen and oxygen atoms in total. The molecule has 0 aromatic rings. The van der Waals surface area contributed by atoms with E-state index in [-0.39, 0.29) is 30.4 Å². The van der Waals surface area contributed by atoms with Crippen LogP contribution in [0.4, 0.5) is 0 Å². The molecule has 4 saturated heterocycles. The van der Waals surface area contributed by atoms with Crippen LogP contribution in [-0.4, -0.2) is 109 Å². The largest absolute Gasteiger partial charge is 0.396 e. The Balaban J connectivity index is 1.50. The molecule has 4 aliphatic rings. The molecule has 4 aliphatic heterocycles. The second kappa shape index (κ2) is 10.7. The first-order valence-corrected chi connectivity index (χ1v) is 12.5. The van der Waals surface area contributed by atoms with Gasteiger partial charge in [-0.1, -0.05) is 6.92 Å². The first-order chi connectivity index (χ1) is 16.0. The molecule has 5 atom stereocenters. The van der Waals surface area contributed by atoms with Gasteiger partial charge in [-0.25, -0.2) is 0 Å². The molecule has 186 valence electrons. The van der Waals surface area contributed by atoms with E-state index in [2.05, 4.69) is 15.5 Å². The van der Waals surface area contributed by atoms with Crippen LogP contribution in [0, 0.1) is 11.8 Å². The molecule has 0 aliphatic carbocycles. The van der Waals surface area contributed by atoms with E-state index < -0.39 is 23.5 Å². The first kappa shape index (κ1) is 24.4. The van der Waals surface area contributed by atoms with Crippen LogP contribution in [0.1, 0.15) is 39.0 Å². The van der Waals surface area contributed by atoms with Gasteiger partial charge in [0, 0.05) is 45.9 Å². The van der Waals surface area contributed by atoms with Crippen molar-refractivity contribution < 1.29 is 29.0 Å². The molecular formula is C23H38N4O6.